The number of benzene rings is 3. The second-order valence-electron chi connectivity index (χ2n) is 7.12. The molecule has 0 saturated carbocycles. The van der Waals surface area contributed by atoms with Crippen LogP contribution in [0.2, 0.25) is 0 Å². The molecule has 31 heavy (non-hydrogen) atoms. The summed E-state index contributed by atoms with van der Waals surface area (Å²) in [6, 6.07) is 30.3. The monoisotopic (exact) mass is 430 g/mol. The van der Waals surface area contributed by atoms with E-state index in [4.69, 9.17) is 0 Å². The van der Waals surface area contributed by atoms with Crippen LogP contribution in [0.15, 0.2) is 96.4 Å². The van der Waals surface area contributed by atoms with Gasteiger partial charge in [0.15, 0.2) is 5.13 Å². The van der Waals surface area contributed by atoms with Crippen molar-refractivity contribution in [2.45, 2.75) is 11.5 Å². The Morgan fingerprint density at radius 2 is 1.32 bits per heavy atom. The van der Waals surface area contributed by atoms with E-state index in [1.807, 2.05) is 54.6 Å². The zero-order valence-electron chi connectivity index (χ0n) is 16.7. The molecular formula is C25H22N2O3S. The van der Waals surface area contributed by atoms with E-state index < -0.39 is 24.0 Å². The number of aromatic nitrogens is 1. The number of anilines is 1. The van der Waals surface area contributed by atoms with Crippen LogP contribution in [0.5, 0.6) is 0 Å². The molecule has 0 aliphatic rings. The standard InChI is InChI=1S/C25H22N2O3S/c28-16-21(23(29)30)22-17-31-24(26-22)27-25(18-10-4-1-5-11-18,19-12-6-2-7-13-19)20-14-8-3-9-15-20/h1-15,17,21,28H,16H2,(H,26,27)(H,29,30). The number of hydrogen-bond acceptors (Lipinski definition) is 5. The van der Waals surface area contributed by atoms with Crippen LogP contribution < -0.4 is 5.32 Å². The number of nitrogens with zero attached hydrogens (tertiary/aromatic N) is 1. The Morgan fingerprint density at radius 3 is 1.71 bits per heavy atom. The molecule has 4 rings (SSSR count). The molecule has 3 aromatic carbocycles. The molecule has 3 N–H and O–H groups in total. The fourth-order valence-electron chi connectivity index (χ4n) is 3.74. The van der Waals surface area contributed by atoms with Gasteiger partial charge in [-0.1, -0.05) is 91.0 Å². The Labute approximate surface area is 184 Å². The molecule has 0 spiro atoms. The minimum absolute atomic E-state index is 0.339. The van der Waals surface area contributed by atoms with Gasteiger partial charge >= 0.3 is 5.97 Å². The highest BCUT2D eigenvalue weighted by Gasteiger charge is 2.37. The lowest BCUT2D eigenvalue weighted by molar-refractivity contribution is -0.139. The Morgan fingerprint density at radius 1 is 0.871 bits per heavy atom. The molecule has 4 aromatic rings. The molecule has 0 aliphatic carbocycles. The van der Waals surface area contributed by atoms with Crippen LogP contribution in [-0.2, 0) is 10.3 Å². The predicted molar refractivity (Wildman–Crippen MR) is 122 cm³/mol. The summed E-state index contributed by atoms with van der Waals surface area (Å²) in [5.41, 5.74) is 2.69. The Hall–Kier alpha value is -3.48. The van der Waals surface area contributed by atoms with Crippen molar-refractivity contribution >= 4 is 22.4 Å². The van der Waals surface area contributed by atoms with Crippen LogP contribution in [-0.4, -0.2) is 27.8 Å². The molecule has 6 heteroatoms. The molecular weight excluding hydrogens is 408 g/mol. The highest BCUT2D eigenvalue weighted by atomic mass is 32.1. The van der Waals surface area contributed by atoms with Crippen LogP contribution in [0.4, 0.5) is 5.13 Å². The number of hydrogen-bond donors (Lipinski definition) is 3. The van der Waals surface area contributed by atoms with Gasteiger partial charge in [-0.05, 0) is 16.7 Å². The van der Waals surface area contributed by atoms with E-state index in [2.05, 4.69) is 46.7 Å². The zero-order chi connectivity index (χ0) is 21.7. The lowest BCUT2D eigenvalue weighted by atomic mass is 9.77. The minimum atomic E-state index is -1.10. The first-order chi connectivity index (χ1) is 15.1. The average molecular weight is 431 g/mol. The number of aliphatic hydroxyl groups is 1. The van der Waals surface area contributed by atoms with Gasteiger partial charge in [0, 0.05) is 5.38 Å². The van der Waals surface area contributed by atoms with E-state index in [-0.39, 0.29) is 0 Å². The van der Waals surface area contributed by atoms with E-state index in [0.717, 1.165) is 16.7 Å². The lowest BCUT2D eigenvalue weighted by Gasteiger charge is -2.36. The Bertz CT molecular complexity index is 1030. The number of carboxylic acid groups (broad SMARTS) is 1. The molecule has 0 saturated heterocycles. The van der Waals surface area contributed by atoms with E-state index in [9.17, 15) is 15.0 Å². The van der Waals surface area contributed by atoms with Gasteiger partial charge in [-0.2, -0.15) is 0 Å². The summed E-state index contributed by atoms with van der Waals surface area (Å²) >= 11 is 1.32. The average Bonchev–Trinajstić information content (AvgIpc) is 3.27. The molecule has 0 bridgehead atoms. The van der Waals surface area contributed by atoms with Crippen molar-refractivity contribution in [3.05, 3.63) is 119 Å². The molecule has 156 valence electrons. The van der Waals surface area contributed by atoms with Gasteiger partial charge in [-0.15, -0.1) is 11.3 Å². The number of aliphatic hydroxyl groups excluding tert-OH is 1. The number of carbonyl (C=O) groups is 1. The summed E-state index contributed by atoms with van der Waals surface area (Å²) in [6.07, 6.45) is 0. The van der Waals surface area contributed by atoms with Crippen molar-refractivity contribution in [3.63, 3.8) is 0 Å². The zero-order valence-corrected chi connectivity index (χ0v) is 17.5. The SMILES string of the molecule is O=C(O)C(CO)c1csc(NC(c2ccccc2)(c2ccccc2)c2ccccc2)n1. The topological polar surface area (TPSA) is 82.5 Å². The quantitative estimate of drug-likeness (QED) is 0.353. The van der Waals surface area contributed by atoms with Crippen molar-refractivity contribution in [3.8, 4) is 0 Å². The van der Waals surface area contributed by atoms with Gasteiger partial charge in [0.25, 0.3) is 0 Å². The number of thiazole rings is 1. The summed E-state index contributed by atoms with van der Waals surface area (Å²) in [5, 5.41) is 24.7. The lowest BCUT2D eigenvalue weighted by Crippen LogP contribution is -2.38. The summed E-state index contributed by atoms with van der Waals surface area (Å²) in [6.45, 7) is -0.500. The first-order valence-corrected chi connectivity index (χ1v) is 10.8. The molecule has 0 amide bonds. The fourth-order valence-corrected chi connectivity index (χ4v) is 4.56. The van der Waals surface area contributed by atoms with Crippen molar-refractivity contribution in [2.75, 3.05) is 11.9 Å². The maximum absolute atomic E-state index is 11.5. The number of aliphatic carboxylic acids is 1. The minimum Gasteiger partial charge on any atom is -0.481 e. The molecule has 0 radical (unpaired) electrons. The Balaban J connectivity index is 1.89. The predicted octanol–water partition coefficient (Wildman–Crippen LogP) is 4.71. The first kappa shape index (κ1) is 20.8. The maximum atomic E-state index is 11.5. The molecule has 0 aliphatic heterocycles. The highest BCUT2D eigenvalue weighted by Crippen LogP contribution is 2.40. The van der Waals surface area contributed by atoms with Crippen LogP contribution in [0.1, 0.15) is 28.3 Å². The van der Waals surface area contributed by atoms with E-state index in [1.54, 1.807) is 5.38 Å². The summed E-state index contributed by atoms with van der Waals surface area (Å²) in [4.78, 5) is 16.0. The van der Waals surface area contributed by atoms with Crippen LogP contribution in [0.25, 0.3) is 0 Å². The van der Waals surface area contributed by atoms with Gasteiger partial charge in [0.1, 0.15) is 11.5 Å². The molecule has 1 unspecified atom stereocenters. The van der Waals surface area contributed by atoms with E-state index >= 15 is 0 Å². The normalized spacial score (nSPS) is 12.3. The summed E-state index contributed by atoms with van der Waals surface area (Å²) in [5.74, 6) is -2.15. The maximum Gasteiger partial charge on any atom is 0.314 e. The van der Waals surface area contributed by atoms with Gasteiger partial charge in [-0.3, -0.25) is 4.79 Å². The third kappa shape index (κ3) is 4.08. The van der Waals surface area contributed by atoms with Crippen molar-refractivity contribution in [2.24, 2.45) is 0 Å². The van der Waals surface area contributed by atoms with Gasteiger partial charge < -0.3 is 15.5 Å². The van der Waals surface area contributed by atoms with Crippen LogP contribution in [0, 0.1) is 0 Å². The molecule has 5 nitrogen and oxygen atoms in total. The molecule has 0 fully saturated rings. The van der Waals surface area contributed by atoms with Crippen molar-refractivity contribution in [1.29, 1.82) is 0 Å². The van der Waals surface area contributed by atoms with Crippen LogP contribution >= 0.6 is 11.3 Å². The molecule has 1 heterocycles. The second kappa shape index (κ2) is 9.12. The van der Waals surface area contributed by atoms with E-state index in [0.29, 0.717) is 10.8 Å². The molecule has 1 aromatic heterocycles. The third-order valence-corrected chi connectivity index (χ3v) is 6.05. The largest absolute Gasteiger partial charge is 0.481 e. The van der Waals surface area contributed by atoms with E-state index in [1.165, 1.54) is 11.3 Å². The molecule has 1 atom stereocenters. The second-order valence-corrected chi connectivity index (χ2v) is 7.98. The van der Waals surface area contributed by atoms with Gasteiger partial charge in [0.05, 0.1) is 12.3 Å². The Kier molecular flexibility index (Phi) is 6.11. The fraction of sp³-hybridized carbons (Fsp3) is 0.120. The number of nitrogens with one attached hydrogen (secondary N) is 1. The van der Waals surface area contributed by atoms with Crippen LogP contribution in [0.3, 0.4) is 0 Å². The van der Waals surface area contributed by atoms with Gasteiger partial charge in [0.2, 0.25) is 0 Å². The summed E-state index contributed by atoms with van der Waals surface area (Å²) < 4.78 is 0. The third-order valence-electron chi connectivity index (χ3n) is 5.27. The van der Waals surface area contributed by atoms with Gasteiger partial charge in [-0.25, -0.2) is 4.98 Å². The smallest absolute Gasteiger partial charge is 0.314 e. The van der Waals surface area contributed by atoms with Crippen molar-refractivity contribution in [1.82, 2.24) is 4.98 Å². The summed E-state index contributed by atoms with van der Waals surface area (Å²) in [7, 11) is 0. The number of carboxylic acids is 1. The highest BCUT2D eigenvalue weighted by molar-refractivity contribution is 7.13. The first-order valence-electron chi connectivity index (χ1n) is 9.89. The van der Waals surface area contributed by atoms with Crippen molar-refractivity contribution < 1.29 is 15.0 Å². The number of rotatable bonds is 8.